The molecule has 1 amide bonds. The molecule has 1 aromatic carbocycles. The van der Waals surface area contributed by atoms with Gasteiger partial charge in [-0.3, -0.25) is 4.79 Å². The van der Waals surface area contributed by atoms with Crippen molar-refractivity contribution >= 4 is 17.7 Å². The van der Waals surface area contributed by atoms with Crippen molar-refractivity contribution in [3.63, 3.8) is 0 Å². The molecule has 0 aliphatic carbocycles. The molecular formula is C14H16N4OS. The highest BCUT2D eigenvalue weighted by molar-refractivity contribution is 7.98. The second-order valence-corrected chi connectivity index (χ2v) is 5.71. The van der Waals surface area contributed by atoms with E-state index in [1.165, 1.54) is 16.0 Å². The highest BCUT2D eigenvalue weighted by Crippen LogP contribution is 2.24. The number of carbonyl (C=O) groups is 1. The number of fused-ring (bicyclic) bond motifs is 1. The van der Waals surface area contributed by atoms with Crippen LogP contribution in [0.4, 0.5) is 0 Å². The molecule has 2 aromatic rings. The normalized spacial score (nSPS) is 14.2. The summed E-state index contributed by atoms with van der Waals surface area (Å²) < 4.78 is 1.70. The third-order valence-corrected chi connectivity index (χ3v) is 4.29. The maximum absolute atomic E-state index is 12.2. The Labute approximate surface area is 122 Å². The summed E-state index contributed by atoms with van der Waals surface area (Å²) in [7, 11) is 0. The molecule has 0 unspecified atom stereocenters. The van der Waals surface area contributed by atoms with Gasteiger partial charge in [0.05, 0.1) is 0 Å². The Morgan fingerprint density at radius 2 is 2.10 bits per heavy atom. The van der Waals surface area contributed by atoms with E-state index in [4.69, 9.17) is 0 Å². The molecule has 3 rings (SSSR count). The molecular weight excluding hydrogens is 272 g/mol. The summed E-state index contributed by atoms with van der Waals surface area (Å²) in [5.74, 6) is 0.115. The molecule has 20 heavy (non-hydrogen) atoms. The topological polar surface area (TPSA) is 51.0 Å². The third-order valence-electron chi connectivity index (χ3n) is 3.56. The summed E-state index contributed by atoms with van der Waals surface area (Å²) in [5.41, 5.74) is 2.62. The van der Waals surface area contributed by atoms with Crippen LogP contribution in [0, 0.1) is 0 Å². The summed E-state index contributed by atoms with van der Waals surface area (Å²) >= 11 is 1.75. The molecule has 0 bridgehead atoms. The van der Waals surface area contributed by atoms with Crippen molar-refractivity contribution in [1.82, 2.24) is 19.7 Å². The number of nitrogens with zero attached hydrogens (tertiary/aromatic N) is 4. The largest absolute Gasteiger partial charge is 0.336 e. The molecule has 2 heterocycles. The van der Waals surface area contributed by atoms with E-state index in [2.05, 4.69) is 34.7 Å². The molecule has 0 fully saturated rings. The van der Waals surface area contributed by atoms with Crippen LogP contribution in [0.5, 0.6) is 0 Å². The minimum absolute atomic E-state index is 0.115. The predicted molar refractivity (Wildman–Crippen MR) is 77.4 cm³/mol. The van der Waals surface area contributed by atoms with Gasteiger partial charge in [-0.1, -0.05) is 6.07 Å². The van der Waals surface area contributed by atoms with Crippen molar-refractivity contribution in [1.29, 1.82) is 0 Å². The molecule has 0 spiro atoms. The van der Waals surface area contributed by atoms with Crippen molar-refractivity contribution in [2.24, 2.45) is 0 Å². The highest BCUT2D eigenvalue weighted by Gasteiger charge is 2.20. The Hall–Kier alpha value is -1.82. The smallest absolute Gasteiger partial charge is 0.242 e. The number of hydrogen-bond donors (Lipinski definition) is 0. The molecule has 0 radical (unpaired) electrons. The molecule has 1 aromatic heterocycles. The lowest BCUT2D eigenvalue weighted by molar-refractivity contribution is -0.132. The summed E-state index contributed by atoms with van der Waals surface area (Å²) in [5, 5.41) is 7.43. The molecule has 5 nitrogen and oxygen atoms in total. The van der Waals surface area contributed by atoms with Crippen molar-refractivity contribution in [2.45, 2.75) is 24.4 Å². The van der Waals surface area contributed by atoms with Gasteiger partial charge in [0.25, 0.3) is 0 Å². The number of hydrogen-bond acceptors (Lipinski definition) is 4. The van der Waals surface area contributed by atoms with Crippen LogP contribution < -0.4 is 0 Å². The third kappa shape index (κ3) is 2.70. The Balaban J connectivity index is 1.70. The maximum Gasteiger partial charge on any atom is 0.242 e. The standard InChI is InChI=1S/C14H16N4OS/c1-20-13-3-2-12-7-18(5-4-11(12)6-13)14(19)8-17-9-15-16-10-17/h2-3,6,9-10H,4-5,7-8H2,1H3. The van der Waals surface area contributed by atoms with E-state index >= 15 is 0 Å². The number of thioether (sulfide) groups is 1. The van der Waals surface area contributed by atoms with Crippen molar-refractivity contribution < 1.29 is 4.79 Å². The summed E-state index contributed by atoms with van der Waals surface area (Å²) in [4.78, 5) is 15.4. The fourth-order valence-corrected chi connectivity index (χ4v) is 2.89. The van der Waals surface area contributed by atoms with Crippen molar-refractivity contribution in [3.8, 4) is 0 Å². The van der Waals surface area contributed by atoms with Gasteiger partial charge >= 0.3 is 0 Å². The van der Waals surface area contributed by atoms with E-state index in [1.807, 2.05) is 4.90 Å². The van der Waals surface area contributed by atoms with Gasteiger partial charge in [0.15, 0.2) is 0 Å². The van der Waals surface area contributed by atoms with Crippen LogP contribution in [0.2, 0.25) is 0 Å². The van der Waals surface area contributed by atoms with E-state index in [9.17, 15) is 4.79 Å². The van der Waals surface area contributed by atoms with Crippen LogP contribution in [-0.4, -0.2) is 38.4 Å². The number of rotatable bonds is 3. The van der Waals surface area contributed by atoms with Crippen LogP contribution in [0.3, 0.4) is 0 Å². The minimum atomic E-state index is 0.115. The van der Waals surface area contributed by atoms with Crippen molar-refractivity contribution in [3.05, 3.63) is 42.0 Å². The molecule has 0 N–H and O–H groups in total. The lowest BCUT2D eigenvalue weighted by Crippen LogP contribution is -2.37. The van der Waals surface area contributed by atoms with E-state index in [0.29, 0.717) is 13.1 Å². The molecule has 0 atom stereocenters. The van der Waals surface area contributed by atoms with Gasteiger partial charge in [-0.25, -0.2) is 0 Å². The summed E-state index contributed by atoms with van der Waals surface area (Å²) in [6.07, 6.45) is 6.15. The van der Waals surface area contributed by atoms with Gasteiger partial charge in [0.1, 0.15) is 19.2 Å². The van der Waals surface area contributed by atoms with Crippen LogP contribution in [0.1, 0.15) is 11.1 Å². The van der Waals surface area contributed by atoms with Gasteiger partial charge < -0.3 is 9.47 Å². The first kappa shape index (κ1) is 13.2. The molecule has 104 valence electrons. The lowest BCUT2D eigenvalue weighted by Gasteiger charge is -2.29. The SMILES string of the molecule is CSc1ccc2c(c1)CCN(C(=O)Cn1cnnc1)C2. The first-order valence-corrected chi connectivity index (χ1v) is 7.75. The fraction of sp³-hybridized carbons (Fsp3) is 0.357. The first-order chi connectivity index (χ1) is 9.76. The van der Waals surface area contributed by atoms with Crippen LogP contribution in [0.25, 0.3) is 0 Å². The van der Waals surface area contributed by atoms with E-state index < -0.39 is 0 Å². The number of amides is 1. The second-order valence-electron chi connectivity index (χ2n) is 4.83. The predicted octanol–water partition coefficient (Wildman–Crippen LogP) is 1.58. The second kappa shape index (κ2) is 5.66. The Kier molecular flexibility index (Phi) is 3.73. The molecule has 0 saturated carbocycles. The average molecular weight is 288 g/mol. The zero-order chi connectivity index (χ0) is 13.9. The van der Waals surface area contributed by atoms with Gasteiger partial charge in [-0.2, -0.15) is 0 Å². The Bertz CT molecular complexity index is 612. The average Bonchev–Trinajstić information content (AvgIpc) is 2.99. The quantitative estimate of drug-likeness (QED) is 0.805. The summed E-state index contributed by atoms with van der Waals surface area (Å²) in [6.45, 7) is 1.79. The first-order valence-electron chi connectivity index (χ1n) is 6.52. The lowest BCUT2D eigenvalue weighted by atomic mass is 10.00. The zero-order valence-corrected chi connectivity index (χ0v) is 12.1. The highest BCUT2D eigenvalue weighted by atomic mass is 32.2. The van der Waals surface area contributed by atoms with Gasteiger partial charge in [-0.05, 0) is 35.9 Å². The molecule has 1 aliphatic heterocycles. The maximum atomic E-state index is 12.2. The van der Waals surface area contributed by atoms with E-state index in [-0.39, 0.29) is 5.91 Å². The molecule has 6 heteroatoms. The van der Waals surface area contributed by atoms with Gasteiger partial charge in [-0.15, -0.1) is 22.0 Å². The molecule has 0 saturated heterocycles. The van der Waals surface area contributed by atoms with Crippen LogP contribution in [-0.2, 0) is 24.3 Å². The van der Waals surface area contributed by atoms with Crippen LogP contribution in [0.15, 0.2) is 35.7 Å². The zero-order valence-electron chi connectivity index (χ0n) is 11.3. The molecule has 1 aliphatic rings. The van der Waals surface area contributed by atoms with E-state index in [1.54, 1.807) is 29.0 Å². The number of aromatic nitrogens is 3. The van der Waals surface area contributed by atoms with Crippen molar-refractivity contribution in [2.75, 3.05) is 12.8 Å². The number of carbonyl (C=O) groups excluding carboxylic acids is 1. The van der Waals surface area contributed by atoms with Gasteiger partial charge in [0.2, 0.25) is 5.91 Å². The monoisotopic (exact) mass is 288 g/mol. The summed E-state index contributed by atoms with van der Waals surface area (Å²) in [6, 6.07) is 6.50. The Morgan fingerprint density at radius 3 is 2.85 bits per heavy atom. The van der Waals surface area contributed by atoms with Crippen LogP contribution >= 0.6 is 11.8 Å². The van der Waals surface area contributed by atoms with E-state index in [0.717, 1.165) is 13.0 Å². The fourth-order valence-electron chi connectivity index (χ4n) is 2.43. The van der Waals surface area contributed by atoms with Gasteiger partial charge in [0, 0.05) is 18.0 Å². The Morgan fingerprint density at radius 1 is 1.30 bits per heavy atom. The number of benzene rings is 1. The minimum Gasteiger partial charge on any atom is -0.336 e.